The molecular weight excluding hydrogens is 447 g/mol. The first kappa shape index (κ1) is 19.0. The lowest BCUT2D eigenvalue weighted by atomic mass is 9.68. The number of carbonyl (C=O) groups is 1. The van der Waals surface area contributed by atoms with E-state index in [-0.39, 0.29) is 23.2 Å². The summed E-state index contributed by atoms with van der Waals surface area (Å²) in [7, 11) is 0. The minimum absolute atomic E-state index is 0.105. The zero-order valence-electron chi connectivity index (χ0n) is 15.0. The van der Waals surface area contributed by atoms with Gasteiger partial charge in [0.1, 0.15) is 11.5 Å². The van der Waals surface area contributed by atoms with Crippen molar-refractivity contribution in [2.75, 3.05) is 5.32 Å². The molecule has 0 saturated heterocycles. The highest BCUT2D eigenvalue weighted by Crippen LogP contribution is 2.47. The number of Topliss-reactive ketones (excluding diaryl/α,β-unsaturated/α-hetero) is 1. The van der Waals surface area contributed by atoms with Gasteiger partial charge in [-0.1, -0.05) is 49.2 Å². The van der Waals surface area contributed by atoms with E-state index < -0.39 is 0 Å². The van der Waals surface area contributed by atoms with Crippen LogP contribution in [0.15, 0.2) is 45.9 Å². The first-order valence-corrected chi connectivity index (χ1v) is 10.4. The fourth-order valence-electron chi connectivity index (χ4n) is 4.07. The Balaban J connectivity index is 1.92. The molecular formula is C21H19BrCl2N2O. The van der Waals surface area contributed by atoms with E-state index in [0.717, 1.165) is 33.5 Å². The predicted molar refractivity (Wildman–Crippen MR) is 116 cm³/mol. The van der Waals surface area contributed by atoms with E-state index in [4.69, 9.17) is 28.2 Å². The van der Waals surface area contributed by atoms with Gasteiger partial charge in [-0.25, -0.2) is 0 Å². The molecule has 1 N–H and O–H groups in total. The van der Waals surface area contributed by atoms with Gasteiger partial charge in [-0.15, -0.1) is 0 Å². The minimum Gasteiger partial charge on any atom is -0.375 e. The summed E-state index contributed by atoms with van der Waals surface area (Å²) < 4.78 is 0.900. The highest BCUT2D eigenvalue weighted by molar-refractivity contribution is 9.10. The zero-order valence-corrected chi connectivity index (χ0v) is 18.1. The molecule has 3 nitrogen and oxygen atoms in total. The molecule has 0 aromatic heterocycles. The lowest BCUT2D eigenvalue weighted by Crippen LogP contribution is -2.42. The summed E-state index contributed by atoms with van der Waals surface area (Å²) in [4.78, 5) is 18.1. The van der Waals surface area contributed by atoms with E-state index >= 15 is 0 Å². The van der Waals surface area contributed by atoms with Crippen LogP contribution in [0, 0.1) is 11.3 Å². The molecule has 2 aliphatic rings. The zero-order chi connectivity index (χ0) is 19.3. The van der Waals surface area contributed by atoms with Crippen LogP contribution in [0.2, 0.25) is 10.0 Å². The van der Waals surface area contributed by atoms with Crippen molar-refractivity contribution in [3.63, 3.8) is 0 Å². The van der Waals surface area contributed by atoms with Crippen molar-refractivity contribution in [3.05, 3.63) is 56.5 Å². The van der Waals surface area contributed by atoms with Crippen molar-refractivity contribution < 1.29 is 4.79 Å². The summed E-state index contributed by atoms with van der Waals surface area (Å²) >= 11 is 16.2. The molecule has 4 rings (SSSR count). The minimum atomic E-state index is -0.351. The lowest BCUT2D eigenvalue weighted by Gasteiger charge is -2.37. The molecule has 1 fully saturated rings. The molecule has 2 aromatic rings. The van der Waals surface area contributed by atoms with Crippen molar-refractivity contribution in [1.29, 1.82) is 0 Å². The molecule has 140 valence electrons. The van der Waals surface area contributed by atoms with Crippen molar-refractivity contribution in [2.24, 2.45) is 16.3 Å². The molecule has 1 aliphatic carbocycles. The second-order valence-electron chi connectivity index (χ2n) is 7.99. The van der Waals surface area contributed by atoms with Crippen LogP contribution in [0.4, 0.5) is 11.4 Å². The van der Waals surface area contributed by atoms with Crippen LogP contribution in [0.25, 0.3) is 0 Å². The Kier molecular flexibility index (Phi) is 4.86. The number of para-hydroxylation sites is 1. The molecule has 0 radical (unpaired) electrons. The number of halogens is 3. The van der Waals surface area contributed by atoms with Crippen molar-refractivity contribution >= 4 is 62.0 Å². The second kappa shape index (κ2) is 6.91. The summed E-state index contributed by atoms with van der Waals surface area (Å²) in [6.45, 7) is 4.24. The standard InChI is InChI=1S/C21H19BrCl2N2O/c1-21(2)9-16-18(17(27)10-21)19(12-7-6-11(23)8-14(12)24)25-15-5-3-4-13(22)20(15)26-16/h3-8,18-19,25H,9-10H2,1-2H3. The van der Waals surface area contributed by atoms with Gasteiger partial charge in [0.25, 0.3) is 0 Å². The number of benzene rings is 2. The third-order valence-corrected chi connectivity index (χ3v) is 6.40. The first-order chi connectivity index (χ1) is 12.7. The Morgan fingerprint density at radius 3 is 2.70 bits per heavy atom. The molecule has 0 amide bonds. The van der Waals surface area contributed by atoms with Gasteiger partial charge in [-0.3, -0.25) is 9.79 Å². The number of anilines is 1. The largest absolute Gasteiger partial charge is 0.375 e. The average Bonchev–Trinajstić information content (AvgIpc) is 2.71. The van der Waals surface area contributed by atoms with E-state index in [0.29, 0.717) is 16.5 Å². The van der Waals surface area contributed by atoms with E-state index in [1.165, 1.54) is 0 Å². The summed E-state index contributed by atoms with van der Waals surface area (Å²) in [5, 5.41) is 4.67. The Morgan fingerprint density at radius 1 is 1.19 bits per heavy atom. The van der Waals surface area contributed by atoms with E-state index in [1.54, 1.807) is 6.07 Å². The SMILES string of the molecule is CC1(C)CC(=O)C2C(=Nc3c(Br)cccc3NC2c2ccc(Cl)cc2Cl)C1. The molecule has 2 unspecified atom stereocenters. The molecule has 1 aliphatic heterocycles. The number of aliphatic imine (C=N–C) groups is 1. The van der Waals surface area contributed by atoms with Crippen LogP contribution in [0.5, 0.6) is 0 Å². The lowest BCUT2D eigenvalue weighted by molar-refractivity contribution is -0.124. The summed E-state index contributed by atoms with van der Waals surface area (Å²) in [5.74, 6) is -0.159. The van der Waals surface area contributed by atoms with Crippen molar-refractivity contribution in [3.8, 4) is 0 Å². The summed E-state index contributed by atoms with van der Waals surface area (Å²) in [5.41, 5.74) is 3.38. The molecule has 0 spiro atoms. The number of carbonyl (C=O) groups excluding carboxylic acids is 1. The summed E-state index contributed by atoms with van der Waals surface area (Å²) in [6, 6.07) is 11.0. The number of hydrogen-bond donors (Lipinski definition) is 1. The van der Waals surface area contributed by atoms with Gasteiger partial charge < -0.3 is 5.32 Å². The molecule has 1 heterocycles. The van der Waals surface area contributed by atoms with Gasteiger partial charge >= 0.3 is 0 Å². The molecule has 27 heavy (non-hydrogen) atoms. The highest BCUT2D eigenvalue weighted by Gasteiger charge is 2.44. The van der Waals surface area contributed by atoms with Gasteiger partial charge in [0.15, 0.2) is 0 Å². The Morgan fingerprint density at radius 2 is 1.96 bits per heavy atom. The van der Waals surface area contributed by atoms with Crippen LogP contribution in [-0.2, 0) is 4.79 Å². The predicted octanol–water partition coefficient (Wildman–Crippen LogP) is 7.00. The Bertz CT molecular complexity index is 971. The third-order valence-electron chi connectivity index (χ3n) is 5.20. The van der Waals surface area contributed by atoms with Crippen LogP contribution in [0.1, 0.15) is 38.3 Å². The van der Waals surface area contributed by atoms with Crippen LogP contribution in [-0.4, -0.2) is 11.5 Å². The highest BCUT2D eigenvalue weighted by atomic mass is 79.9. The molecule has 2 atom stereocenters. The summed E-state index contributed by atoms with van der Waals surface area (Å²) in [6.07, 6.45) is 1.30. The van der Waals surface area contributed by atoms with Gasteiger partial charge in [0, 0.05) is 26.7 Å². The average molecular weight is 466 g/mol. The maximum absolute atomic E-state index is 13.2. The molecule has 1 saturated carbocycles. The fourth-order valence-corrected chi connectivity index (χ4v) is 5.05. The second-order valence-corrected chi connectivity index (χ2v) is 9.69. The number of hydrogen-bond acceptors (Lipinski definition) is 3. The van der Waals surface area contributed by atoms with Crippen LogP contribution < -0.4 is 5.32 Å². The number of nitrogens with one attached hydrogen (secondary N) is 1. The molecule has 0 bridgehead atoms. The third kappa shape index (κ3) is 3.55. The van der Waals surface area contributed by atoms with Gasteiger partial charge in [0.2, 0.25) is 0 Å². The Labute approximate surface area is 177 Å². The quantitative estimate of drug-likeness (QED) is 0.492. The van der Waals surface area contributed by atoms with E-state index in [1.807, 2.05) is 30.3 Å². The van der Waals surface area contributed by atoms with Crippen LogP contribution in [0.3, 0.4) is 0 Å². The normalized spacial score (nSPS) is 23.6. The Hall–Kier alpha value is -1.36. The number of rotatable bonds is 1. The smallest absolute Gasteiger partial charge is 0.144 e. The van der Waals surface area contributed by atoms with Crippen molar-refractivity contribution in [1.82, 2.24) is 0 Å². The van der Waals surface area contributed by atoms with E-state index in [9.17, 15) is 4.79 Å². The number of ketones is 1. The first-order valence-electron chi connectivity index (χ1n) is 8.85. The van der Waals surface area contributed by atoms with Gasteiger partial charge in [-0.05, 0) is 57.6 Å². The van der Waals surface area contributed by atoms with Gasteiger partial charge in [0.05, 0.1) is 17.6 Å². The maximum atomic E-state index is 13.2. The topological polar surface area (TPSA) is 41.5 Å². The fraction of sp³-hybridized carbons (Fsp3) is 0.333. The molecule has 6 heteroatoms. The number of fused-ring (bicyclic) bond motifs is 2. The number of nitrogens with zero attached hydrogens (tertiary/aromatic N) is 1. The van der Waals surface area contributed by atoms with Crippen LogP contribution >= 0.6 is 39.1 Å². The maximum Gasteiger partial charge on any atom is 0.144 e. The van der Waals surface area contributed by atoms with Crippen molar-refractivity contribution in [2.45, 2.75) is 32.7 Å². The molecule has 2 aromatic carbocycles. The van der Waals surface area contributed by atoms with Gasteiger partial charge in [-0.2, -0.15) is 0 Å². The monoisotopic (exact) mass is 464 g/mol. The van der Waals surface area contributed by atoms with E-state index in [2.05, 4.69) is 35.1 Å².